The van der Waals surface area contributed by atoms with Gasteiger partial charge < -0.3 is 9.72 Å². The predicted molar refractivity (Wildman–Crippen MR) is 104 cm³/mol. The summed E-state index contributed by atoms with van der Waals surface area (Å²) in [6.45, 7) is 0.538. The summed E-state index contributed by atoms with van der Waals surface area (Å²) in [4.78, 5) is 27.5. The fourth-order valence-electron chi connectivity index (χ4n) is 2.86. The number of hydrogen-bond acceptors (Lipinski definition) is 5. The molecule has 0 radical (unpaired) electrons. The minimum Gasteiger partial charge on any atom is -0.494 e. The molecule has 0 saturated heterocycles. The molecular formula is C21H17FN4O2. The summed E-state index contributed by atoms with van der Waals surface area (Å²) >= 11 is 0. The molecule has 0 spiro atoms. The third kappa shape index (κ3) is 4.03. The molecule has 6 nitrogen and oxygen atoms in total. The second kappa shape index (κ2) is 7.96. The van der Waals surface area contributed by atoms with Crippen molar-refractivity contribution in [1.29, 1.82) is 0 Å². The Bertz CT molecular complexity index is 1140. The first-order valence-electron chi connectivity index (χ1n) is 8.87. The number of nitrogens with zero attached hydrogens (tertiary/aromatic N) is 3. The second-order valence-electron chi connectivity index (χ2n) is 6.26. The average molecular weight is 376 g/mol. The van der Waals surface area contributed by atoms with Crippen molar-refractivity contribution in [2.45, 2.75) is 12.8 Å². The van der Waals surface area contributed by atoms with Crippen molar-refractivity contribution < 1.29 is 9.13 Å². The number of H-pyrrole nitrogens is 1. The lowest BCUT2D eigenvalue weighted by molar-refractivity contribution is 0.311. The number of nitrogens with one attached hydrogen (secondary N) is 1. The van der Waals surface area contributed by atoms with Gasteiger partial charge in [-0.2, -0.15) is 0 Å². The number of halogens is 1. The van der Waals surface area contributed by atoms with Gasteiger partial charge in [0.1, 0.15) is 17.3 Å². The molecule has 1 N–H and O–H groups in total. The van der Waals surface area contributed by atoms with Gasteiger partial charge in [-0.15, -0.1) is 0 Å². The molecule has 4 aromatic rings. The quantitative estimate of drug-likeness (QED) is 0.521. The summed E-state index contributed by atoms with van der Waals surface area (Å²) < 4.78 is 18.8. The first kappa shape index (κ1) is 17.8. The van der Waals surface area contributed by atoms with Crippen LogP contribution in [-0.2, 0) is 6.42 Å². The van der Waals surface area contributed by atoms with Crippen molar-refractivity contribution in [2.75, 3.05) is 6.61 Å². The molecule has 0 aliphatic rings. The van der Waals surface area contributed by atoms with Gasteiger partial charge in [-0.3, -0.25) is 9.78 Å². The van der Waals surface area contributed by atoms with E-state index < -0.39 is 5.82 Å². The zero-order chi connectivity index (χ0) is 19.3. The normalized spacial score (nSPS) is 10.9. The summed E-state index contributed by atoms with van der Waals surface area (Å²) in [6.07, 6.45) is 6.38. The molecule has 3 heterocycles. The number of hydrogen-bond donors (Lipinski definition) is 1. The van der Waals surface area contributed by atoms with Gasteiger partial charge >= 0.3 is 0 Å². The molecule has 0 unspecified atom stereocenters. The number of aryl methyl sites for hydroxylation is 1. The third-order valence-electron chi connectivity index (χ3n) is 4.27. The number of pyridine rings is 2. The van der Waals surface area contributed by atoms with Crippen LogP contribution >= 0.6 is 0 Å². The zero-order valence-electron chi connectivity index (χ0n) is 14.9. The second-order valence-corrected chi connectivity index (χ2v) is 6.26. The van der Waals surface area contributed by atoms with Crippen molar-refractivity contribution in [3.05, 3.63) is 82.8 Å². The first-order valence-corrected chi connectivity index (χ1v) is 8.87. The van der Waals surface area contributed by atoms with Crippen molar-refractivity contribution in [3.63, 3.8) is 0 Å². The van der Waals surface area contributed by atoms with E-state index in [2.05, 4.69) is 19.9 Å². The van der Waals surface area contributed by atoms with Gasteiger partial charge in [-0.05, 0) is 60.9 Å². The topological polar surface area (TPSA) is 80.8 Å². The highest BCUT2D eigenvalue weighted by Gasteiger charge is 2.08. The number of aromatic nitrogens is 4. The third-order valence-corrected chi connectivity index (χ3v) is 4.27. The number of ether oxygens (including phenoxy) is 1. The Morgan fingerprint density at radius 2 is 1.93 bits per heavy atom. The Kier molecular flexibility index (Phi) is 5.05. The average Bonchev–Trinajstić information content (AvgIpc) is 2.73. The molecule has 0 amide bonds. The van der Waals surface area contributed by atoms with Crippen LogP contribution in [0.1, 0.15) is 12.0 Å². The SMILES string of the molecule is O=c1[nH]c(-c2ccc(F)cn2)nc2ccc(OCCCc3ccncc3)cc12. The molecule has 140 valence electrons. The van der Waals surface area contributed by atoms with Gasteiger partial charge in [0.05, 0.1) is 23.7 Å². The van der Waals surface area contributed by atoms with Gasteiger partial charge in [0, 0.05) is 12.4 Å². The summed E-state index contributed by atoms with van der Waals surface area (Å²) in [6, 6.07) is 11.9. The minimum atomic E-state index is -0.447. The van der Waals surface area contributed by atoms with Crippen LogP contribution in [0.5, 0.6) is 5.75 Å². The van der Waals surface area contributed by atoms with Gasteiger partial charge in [0.2, 0.25) is 0 Å². The van der Waals surface area contributed by atoms with Crippen LogP contribution in [0, 0.1) is 5.82 Å². The summed E-state index contributed by atoms with van der Waals surface area (Å²) in [5.41, 5.74) is 1.83. The first-order chi connectivity index (χ1) is 13.7. The van der Waals surface area contributed by atoms with Crippen LogP contribution in [-0.4, -0.2) is 26.5 Å². The van der Waals surface area contributed by atoms with Crippen molar-refractivity contribution in [2.24, 2.45) is 0 Å². The molecule has 0 aliphatic heterocycles. The Morgan fingerprint density at radius 3 is 2.71 bits per heavy atom. The molecule has 0 aliphatic carbocycles. The van der Waals surface area contributed by atoms with E-state index in [-0.39, 0.29) is 5.56 Å². The van der Waals surface area contributed by atoms with E-state index in [1.165, 1.54) is 17.7 Å². The van der Waals surface area contributed by atoms with E-state index >= 15 is 0 Å². The largest absolute Gasteiger partial charge is 0.494 e. The lowest BCUT2D eigenvalue weighted by Gasteiger charge is -2.08. The number of fused-ring (bicyclic) bond motifs is 1. The van der Waals surface area contributed by atoms with Crippen molar-refractivity contribution in [1.82, 2.24) is 19.9 Å². The Morgan fingerprint density at radius 1 is 1.07 bits per heavy atom. The highest BCUT2D eigenvalue weighted by Crippen LogP contribution is 2.19. The van der Waals surface area contributed by atoms with Gasteiger partial charge in [-0.1, -0.05) is 0 Å². The molecule has 0 bridgehead atoms. The molecular weight excluding hydrogens is 359 g/mol. The van der Waals surface area contributed by atoms with Crippen LogP contribution in [0.3, 0.4) is 0 Å². The highest BCUT2D eigenvalue weighted by atomic mass is 19.1. The summed E-state index contributed by atoms with van der Waals surface area (Å²) in [7, 11) is 0. The maximum atomic E-state index is 13.0. The van der Waals surface area contributed by atoms with E-state index in [1.807, 2.05) is 12.1 Å². The van der Waals surface area contributed by atoms with E-state index in [4.69, 9.17) is 4.74 Å². The van der Waals surface area contributed by atoms with Crippen LogP contribution in [0.25, 0.3) is 22.4 Å². The van der Waals surface area contributed by atoms with Gasteiger partial charge in [-0.25, -0.2) is 14.4 Å². The molecule has 4 rings (SSSR count). The summed E-state index contributed by atoms with van der Waals surface area (Å²) in [5.74, 6) is 0.461. The van der Waals surface area contributed by atoms with Gasteiger partial charge in [0.15, 0.2) is 5.82 Å². The Hall–Kier alpha value is -3.61. The standard InChI is InChI=1S/C21H17FN4O2/c22-15-3-5-19(24-13-15)20-25-18-6-4-16(12-17(18)21(27)26-20)28-11-1-2-14-7-9-23-10-8-14/h3-10,12-13H,1-2,11H2,(H,25,26,27). The molecule has 0 atom stereocenters. The van der Waals surface area contributed by atoms with E-state index in [0.29, 0.717) is 34.8 Å². The van der Waals surface area contributed by atoms with Crippen molar-refractivity contribution in [3.8, 4) is 17.3 Å². The number of benzene rings is 1. The van der Waals surface area contributed by atoms with E-state index in [1.54, 1.807) is 30.6 Å². The lowest BCUT2D eigenvalue weighted by Crippen LogP contribution is -2.10. The predicted octanol–water partition coefficient (Wildman–Crippen LogP) is 3.53. The fourth-order valence-corrected chi connectivity index (χ4v) is 2.86. The monoisotopic (exact) mass is 376 g/mol. The van der Waals surface area contributed by atoms with Crippen molar-refractivity contribution >= 4 is 10.9 Å². The molecule has 0 fully saturated rings. The molecule has 28 heavy (non-hydrogen) atoms. The number of aromatic amines is 1. The highest BCUT2D eigenvalue weighted by molar-refractivity contribution is 5.80. The Labute approximate surface area is 160 Å². The molecule has 7 heteroatoms. The smallest absolute Gasteiger partial charge is 0.259 e. The van der Waals surface area contributed by atoms with Gasteiger partial charge in [0.25, 0.3) is 5.56 Å². The zero-order valence-corrected chi connectivity index (χ0v) is 14.9. The minimum absolute atomic E-state index is 0.295. The van der Waals surface area contributed by atoms with E-state index in [9.17, 15) is 9.18 Å². The fraction of sp³-hybridized carbons (Fsp3) is 0.143. The molecule has 0 saturated carbocycles. The van der Waals surface area contributed by atoms with Crippen LogP contribution in [0.15, 0.2) is 65.8 Å². The Balaban J connectivity index is 1.48. The van der Waals surface area contributed by atoms with Crippen LogP contribution < -0.4 is 10.3 Å². The lowest BCUT2D eigenvalue weighted by atomic mass is 10.1. The molecule has 3 aromatic heterocycles. The van der Waals surface area contributed by atoms with Crippen LogP contribution in [0.2, 0.25) is 0 Å². The maximum absolute atomic E-state index is 13.0. The van der Waals surface area contributed by atoms with E-state index in [0.717, 1.165) is 19.0 Å². The maximum Gasteiger partial charge on any atom is 0.259 e. The van der Waals surface area contributed by atoms with Crippen LogP contribution in [0.4, 0.5) is 4.39 Å². The molecule has 1 aromatic carbocycles. The number of rotatable bonds is 6. The summed E-state index contributed by atoms with van der Waals surface area (Å²) in [5, 5.41) is 0.428.